The van der Waals surface area contributed by atoms with Gasteiger partial charge in [-0.15, -0.1) is 0 Å². The molecule has 0 aliphatic rings. The van der Waals surface area contributed by atoms with E-state index in [1.807, 2.05) is 30.3 Å². The van der Waals surface area contributed by atoms with Crippen LogP contribution in [0, 0.1) is 0 Å². The van der Waals surface area contributed by atoms with Crippen LogP contribution in [-0.4, -0.2) is 37.7 Å². The van der Waals surface area contributed by atoms with Crippen LogP contribution in [0.1, 0.15) is 12.2 Å². The maximum absolute atomic E-state index is 6.06. The molecule has 0 amide bonds. The summed E-state index contributed by atoms with van der Waals surface area (Å²) >= 11 is 0. The molecule has 0 fully saturated rings. The van der Waals surface area contributed by atoms with Crippen molar-refractivity contribution in [2.24, 2.45) is 0 Å². The van der Waals surface area contributed by atoms with Crippen molar-refractivity contribution < 1.29 is 4.74 Å². The van der Waals surface area contributed by atoms with Gasteiger partial charge in [0.05, 0.1) is 24.0 Å². The maximum atomic E-state index is 6.06. The topological polar surface area (TPSA) is 91.7 Å². The van der Waals surface area contributed by atoms with Crippen molar-refractivity contribution in [1.82, 2.24) is 24.5 Å². The Morgan fingerprint density at radius 2 is 1.85 bits per heavy atom. The van der Waals surface area contributed by atoms with E-state index in [2.05, 4.69) is 24.5 Å². The summed E-state index contributed by atoms with van der Waals surface area (Å²) in [7, 11) is 0. The molecule has 3 aromatic heterocycles. The Kier molecular flexibility index (Phi) is 4.70. The lowest BCUT2D eigenvalue weighted by Gasteiger charge is -2.08. The monoisotopic (exact) mass is 348 g/mol. The van der Waals surface area contributed by atoms with Crippen LogP contribution >= 0.6 is 0 Å². The number of hydrogen-bond acceptors (Lipinski definition) is 6. The molecule has 4 rings (SSSR count). The third-order valence-electron chi connectivity index (χ3n) is 4.27. The summed E-state index contributed by atoms with van der Waals surface area (Å²) in [6, 6.07) is 9.79. The Balaban J connectivity index is 1.39. The molecule has 132 valence electrons. The van der Waals surface area contributed by atoms with E-state index in [1.54, 1.807) is 18.7 Å². The summed E-state index contributed by atoms with van der Waals surface area (Å²) in [5.41, 5.74) is 8.68. The molecule has 2 N–H and O–H groups in total. The largest absolute Gasteiger partial charge is 0.382 e. The molecule has 1 aromatic carbocycles. The second-order valence-corrected chi connectivity index (χ2v) is 6.03. The minimum absolute atomic E-state index is 0.459. The molecule has 0 saturated carbocycles. The van der Waals surface area contributed by atoms with Gasteiger partial charge in [0.25, 0.3) is 0 Å². The van der Waals surface area contributed by atoms with Crippen LogP contribution in [0.25, 0.3) is 21.9 Å². The fraction of sp³-hybridized carbons (Fsp3) is 0.263. The Labute approximate surface area is 150 Å². The lowest BCUT2D eigenvalue weighted by Crippen LogP contribution is -2.07. The molecule has 0 spiro atoms. The number of hydrogen-bond donors (Lipinski definition) is 1. The number of nitrogens with zero attached hydrogens (tertiary/aromatic N) is 5. The van der Waals surface area contributed by atoms with Crippen LogP contribution < -0.4 is 5.73 Å². The van der Waals surface area contributed by atoms with Gasteiger partial charge in [0.15, 0.2) is 5.82 Å². The van der Waals surface area contributed by atoms with E-state index < -0.39 is 0 Å². The van der Waals surface area contributed by atoms with E-state index in [0.29, 0.717) is 25.6 Å². The number of aromatic nitrogens is 5. The van der Waals surface area contributed by atoms with Gasteiger partial charge in [-0.25, -0.2) is 19.9 Å². The number of nitrogens with two attached hydrogens (primary N) is 1. The molecule has 0 atom stereocenters. The molecule has 0 bridgehead atoms. The standard InChI is InChI=1S/C19H20N6O/c20-19-17-18(14-5-1-2-6-15(14)24-19)25(13-23-17)10-12-26-11-3-7-16-21-8-4-9-22-16/h1-2,4-6,8-9,13H,3,7,10-12H2,(H2,20,24). The van der Waals surface area contributed by atoms with Gasteiger partial charge >= 0.3 is 0 Å². The van der Waals surface area contributed by atoms with Crippen LogP contribution in [0.2, 0.25) is 0 Å². The lowest BCUT2D eigenvalue weighted by molar-refractivity contribution is 0.124. The average molecular weight is 348 g/mol. The van der Waals surface area contributed by atoms with E-state index in [1.165, 1.54) is 0 Å². The van der Waals surface area contributed by atoms with Gasteiger partial charge in [0.1, 0.15) is 11.3 Å². The van der Waals surface area contributed by atoms with Crippen LogP contribution in [0.5, 0.6) is 0 Å². The van der Waals surface area contributed by atoms with Gasteiger partial charge in [-0.1, -0.05) is 18.2 Å². The highest BCUT2D eigenvalue weighted by molar-refractivity contribution is 6.06. The van der Waals surface area contributed by atoms with Crippen molar-refractivity contribution in [3.8, 4) is 0 Å². The van der Waals surface area contributed by atoms with Crippen LogP contribution in [0.3, 0.4) is 0 Å². The molecular weight excluding hydrogens is 328 g/mol. The molecule has 4 aromatic rings. The Hall–Kier alpha value is -3.06. The number of benzene rings is 1. The second kappa shape index (κ2) is 7.45. The summed E-state index contributed by atoms with van der Waals surface area (Å²) in [6.07, 6.45) is 7.04. The van der Waals surface area contributed by atoms with Crippen molar-refractivity contribution in [2.45, 2.75) is 19.4 Å². The highest BCUT2D eigenvalue weighted by Crippen LogP contribution is 2.26. The number of rotatable bonds is 7. The summed E-state index contributed by atoms with van der Waals surface area (Å²) in [5, 5.41) is 1.05. The molecule has 26 heavy (non-hydrogen) atoms. The van der Waals surface area contributed by atoms with Gasteiger partial charge in [0, 0.05) is 37.4 Å². The first-order chi connectivity index (χ1) is 12.8. The normalized spacial score (nSPS) is 11.4. The molecule has 0 aliphatic heterocycles. The van der Waals surface area contributed by atoms with E-state index in [4.69, 9.17) is 10.5 Å². The Morgan fingerprint density at radius 3 is 2.73 bits per heavy atom. The summed E-state index contributed by atoms with van der Waals surface area (Å²) in [6.45, 7) is 2.00. The van der Waals surface area contributed by atoms with Crippen molar-refractivity contribution in [3.05, 3.63) is 54.9 Å². The van der Waals surface area contributed by atoms with Crippen LogP contribution in [0.4, 0.5) is 5.82 Å². The predicted molar refractivity (Wildman–Crippen MR) is 101 cm³/mol. The number of para-hydroxylation sites is 1. The van der Waals surface area contributed by atoms with Gasteiger partial charge in [-0.3, -0.25) is 0 Å². The quantitative estimate of drug-likeness (QED) is 0.516. The van der Waals surface area contributed by atoms with Gasteiger partial charge in [-0.2, -0.15) is 0 Å². The first-order valence-corrected chi connectivity index (χ1v) is 8.65. The number of ether oxygens (including phenoxy) is 1. The third kappa shape index (κ3) is 3.34. The smallest absolute Gasteiger partial charge is 0.152 e. The Bertz CT molecular complexity index is 1010. The number of pyridine rings is 1. The molecule has 0 aliphatic carbocycles. The number of imidazole rings is 1. The fourth-order valence-corrected chi connectivity index (χ4v) is 3.03. The summed E-state index contributed by atoms with van der Waals surface area (Å²) < 4.78 is 7.85. The van der Waals surface area contributed by atoms with Crippen molar-refractivity contribution in [1.29, 1.82) is 0 Å². The molecule has 3 heterocycles. The predicted octanol–water partition coefficient (Wildman–Crippen LogP) is 2.61. The zero-order chi connectivity index (χ0) is 17.8. The van der Waals surface area contributed by atoms with Crippen molar-refractivity contribution >= 4 is 27.8 Å². The average Bonchev–Trinajstić information content (AvgIpc) is 3.10. The highest BCUT2D eigenvalue weighted by atomic mass is 16.5. The van der Waals surface area contributed by atoms with Crippen LogP contribution in [-0.2, 0) is 17.7 Å². The zero-order valence-electron chi connectivity index (χ0n) is 14.4. The van der Waals surface area contributed by atoms with E-state index in [9.17, 15) is 0 Å². The Morgan fingerprint density at radius 1 is 1.00 bits per heavy atom. The first kappa shape index (κ1) is 16.4. The van der Waals surface area contributed by atoms with Gasteiger partial charge in [0.2, 0.25) is 0 Å². The second-order valence-electron chi connectivity index (χ2n) is 6.03. The highest BCUT2D eigenvalue weighted by Gasteiger charge is 2.11. The van der Waals surface area contributed by atoms with Gasteiger partial charge in [-0.05, 0) is 18.6 Å². The van der Waals surface area contributed by atoms with E-state index >= 15 is 0 Å². The number of aryl methyl sites for hydroxylation is 1. The fourth-order valence-electron chi connectivity index (χ4n) is 3.03. The number of anilines is 1. The van der Waals surface area contributed by atoms with Crippen molar-refractivity contribution in [3.63, 3.8) is 0 Å². The summed E-state index contributed by atoms with van der Waals surface area (Å²) in [4.78, 5) is 17.3. The molecule has 7 nitrogen and oxygen atoms in total. The molecular formula is C19H20N6O. The first-order valence-electron chi connectivity index (χ1n) is 8.65. The molecule has 0 unspecified atom stereocenters. The SMILES string of the molecule is Nc1nc2ccccc2c2c1ncn2CCOCCCc1ncccn1. The van der Waals surface area contributed by atoms with Crippen LogP contribution in [0.15, 0.2) is 49.1 Å². The minimum Gasteiger partial charge on any atom is -0.382 e. The third-order valence-corrected chi connectivity index (χ3v) is 4.27. The van der Waals surface area contributed by atoms with Gasteiger partial charge < -0.3 is 15.0 Å². The van der Waals surface area contributed by atoms with E-state index in [-0.39, 0.29) is 0 Å². The lowest BCUT2D eigenvalue weighted by atomic mass is 10.2. The van der Waals surface area contributed by atoms with E-state index in [0.717, 1.165) is 40.6 Å². The number of fused-ring (bicyclic) bond motifs is 3. The minimum atomic E-state index is 0.459. The zero-order valence-corrected chi connectivity index (χ0v) is 14.4. The molecule has 7 heteroatoms. The number of nitrogen functional groups attached to an aromatic ring is 1. The summed E-state index contributed by atoms with van der Waals surface area (Å²) in [5.74, 6) is 1.31. The molecule has 0 saturated heterocycles. The van der Waals surface area contributed by atoms with Crippen molar-refractivity contribution in [2.75, 3.05) is 18.9 Å². The maximum Gasteiger partial charge on any atom is 0.152 e. The molecule has 0 radical (unpaired) electrons.